The zero-order chi connectivity index (χ0) is 22.6. The lowest BCUT2D eigenvalue weighted by Gasteiger charge is -2.09. The van der Waals surface area contributed by atoms with Gasteiger partial charge in [0.05, 0.1) is 23.2 Å². The second kappa shape index (κ2) is 9.61. The summed E-state index contributed by atoms with van der Waals surface area (Å²) in [5.74, 6) is -1.55. The van der Waals surface area contributed by atoms with Crippen molar-refractivity contribution in [3.05, 3.63) is 58.1 Å². The van der Waals surface area contributed by atoms with Gasteiger partial charge >= 0.3 is 5.97 Å². The Morgan fingerprint density at radius 2 is 2.06 bits per heavy atom. The van der Waals surface area contributed by atoms with Gasteiger partial charge < -0.3 is 10.1 Å². The highest BCUT2D eigenvalue weighted by Crippen LogP contribution is 2.30. The molecule has 11 heteroatoms. The van der Waals surface area contributed by atoms with Gasteiger partial charge in [0.25, 0.3) is 5.91 Å². The van der Waals surface area contributed by atoms with Crippen molar-refractivity contribution in [1.82, 2.24) is 15.1 Å². The molecule has 31 heavy (non-hydrogen) atoms. The fourth-order valence-electron chi connectivity index (χ4n) is 3.12. The topological polar surface area (TPSA) is 107 Å². The van der Waals surface area contributed by atoms with Crippen molar-refractivity contribution >= 4 is 39.4 Å². The van der Waals surface area contributed by atoms with E-state index in [1.165, 1.54) is 35.0 Å². The van der Waals surface area contributed by atoms with Gasteiger partial charge in [-0.05, 0) is 37.1 Å². The van der Waals surface area contributed by atoms with Gasteiger partial charge in [-0.3, -0.25) is 4.79 Å². The van der Waals surface area contributed by atoms with Crippen LogP contribution in [-0.2, 0) is 30.7 Å². The maximum atomic E-state index is 12.9. The van der Waals surface area contributed by atoms with Gasteiger partial charge in [-0.2, -0.15) is 5.10 Å². The van der Waals surface area contributed by atoms with Gasteiger partial charge in [0, 0.05) is 18.2 Å². The number of esters is 1. The van der Waals surface area contributed by atoms with Gasteiger partial charge in [0.15, 0.2) is 16.4 Å². The number of nitrogens with zero attached hydrogens (tertiary/aromatic N) is 2. The summed E-state index contributed by atoms with van der Waals surface area (Å²) in [5.41, 5.74) is 1.72. The van der Waals surface area contributed by atoms with Crippen molar-refractivity contribution < 1.29 is 27.1 Å². The average Bonchev–Trinajstić information content (AvgIpc) is 3.22. The van der Waals surface area contributed by atoms with Gasteiger partial charge in [-0.15, -0.1) is 0 Å². The van der Waals surface area contributed by atoms with Crippen molar-refractivity contribution in [3.8, 4) is 0 Å². The third-order valence-electron chi connectivity index (χ3n) is 4.76. The Bertz CT molecular complexity index is 1110. The minimum absolute atomic E-state index is 0.0218. The van der Waals surface area contributed by atoms with E-state index in [2.05, 4.69) is 10.4 Å². The molecule has 3 rings (SSSR count). The first-order valence-electron chi connectivity index (χ1n) is 9.45. The van der Waals surface area contributed by atoms with E-state index in [1.807, 2.05) is 0 Å². The highest BCUT2D eigenvalue weighted by atomic mass is 35.5. The summed E-state index contributed by atoms with van der Waals surface area (Å²) < 4.78 is 42.6. The Kier molecular flexibility index (Phi) is 7.11. The largest absolute Gasteiger partial charge is 0.452 e. The van der Waals surface area contributed by atoms with Crippen LogP contribution in [0.1, 0.15) is 29.3 Å². The van der Waals surface area contributed by atoms with E-state index in [9.17, 15) is 22.4 Å². The van der Waals surface area contributed by atoms with Crippen LogP contribution < -0.4 is 5.32 Å². The summed E-state index contributed by atoms with van der Waals surface area (Å²) in [6, 6.07) is 5.31. The molecule has 0 aliphatic carbocycles. The molecular formula is C20H21ClFN3O5S. The van der Waals surface area contributed by atoms with E-state index in [0.29, 0.717) is 23.2 Å². The Morgan fingerprint density at radius 3 is 2.71 bits per heavy atom. The molecule has 0 radical (unpaired) electrons. The molecule has 2 aromatic rings. The van der Waals surface area contributed by atoms with Crippen LogP contribution in [0, 0.1) is 12.7 Å². The van der Waals surface area contributed by atoms with Crippen LogP contribution >= 0.6 is 11.6 Å². The molecule has 1 N–H and O–H groups in total. The predicted molar refractivity (Wildman–Crippen MR) is 113 cm³/mol. The lowest BCUT2D eigenvalue weighted by molar-refractivity contribution is -0.143. The lowest BCUT2D eigenvalue weighted by Crippen LogP contribution is -2.28. The van der Waals surface area contributed by atoms with Crippen LogP contribution in [0.4, 0.5) is 4.39 Å². The van der Waals surface area contributed by atoms with Crippen molar-refractivity contribution in [2.45, 2.75) is 25.9 Å². The number of sulfone groups is 1. The van der Waals surface area contributed by atoms with E-state index in [0.717, 1.165) is 6.08 Å². The van der Waals surface area contributed by atoms with E-state index in [-0.39, 0.29) is 35.1 Å². The molecular weight excluding hydrogens is 449 g/mol. The summed E-state index contributed by atoms with van der Waals surface area (Å²) in [5, 5.41) is 7.10. The van der Waals surface area contributed by atoms with E-state index < -0.39 is 28.3 Å². The number of carbonyl (C=O) groups is 2. The Hall–Kier alpha value is -2.72. The van der Waals surface area contributed by atoms with Crippen LogP contribution in [-0.4, -0.2) is 48.2 Å². The molecule has 0 spiro atoms. The summed E-state index contributed by atoms with van der Waals surface area (Å²) in [6.07, 6.45) is 2.98. The zero-order valence-electron chi connectivity index (χ0n) is 16.7. The predicted octanol–water partition coefficient (Wildman–Crippen LogP) is 2.22. The number of aryl methyl sites for hydroxylation is 1. The van der Waals surface area contributed by atoms with E-state index in [4.69, 9.17) is 16.3 Å². The van der Waals surface area contributed by atoms with Crippen LogP contribution in [0.15, 0.2) is 30.3 Å². The quantitative estimate of drug-likeness (QED) is 0.492. The fourth-order valence-corrected chi connectivity index (χ4v) is 5.19. The van der Waals surface area contributed by atoms with Crippen LogP contribution in [0.25, 0.3) is 6.08 Å². The van der Waals surface area contributed by atoms with Crippen molar-refractivity contribution in [2.75, 3.05) is 18.1 Å². The molecule has 1 aliphatic heterocycles. The zero-order valence-corrected chi connectivity index (χ0v) is 18.2. The Morgan fingerprint density at radius 1 is 1.35 bits per heavy atom. The monoisotopic (exact) mass is 469 g/mol. The number of halogens is 2. The first-order chi connectivity index (χ1) is 14.6. The maximum absolute atomic E-state index is 12.9. The highest BCUT2D eigenvalue weighted by molar-refractivity contribution is 7.91. The molecule has 1 amide bonds. The molecule has 0 unspecified atom stereocenters. The SMILES string of the molecule is Cc1nn([C@H]2CCS(=O)(=O)C2)c(Cl)c1/C=C/C(=O)OCC(=O)NCc1ccc(F)cc1. The molecule has 0 bridgehead atoms. The summed E-state index contributed by atoms with van der Waals surface area (Å²) >= 11 is 6.34. The molecule has 1 aromatic heterocycles. The van der Waals surface area contributed by atoms with Gasteiger partial charge in [-0.1, -0.05) is 23.7 Å². The maximum Gasteiger partial charge on any atom is 0.331 e. The molecule has 0 saturated carbocycles. The summed E-state index contributed by atoms with van der Waals surface area (Å²) in [4.78, 5) is 23.7. The smallest absolute Gasteiger partial charge is 0.331 e. The molecule has 2 heterocycles. The number of carbonyl (C=O) groups excluding carboxylic acids is 2. The fraction of sp³-hybridized carbons (Fsp3) is 0.350. The number of hydrogen-bond donors (Lipinski definition) is 1. The van der Waals surface area contributed by atoms with E-state index >= 15 is 0 Å². The second-order valence-electron chi connectivity index (χ2n) is 7.14. The number of amides is 1. The summed E-state index contributed by atoms with van der Waals surface area (Å²) in [6.45, 7) is 1.40. The third kappa shape index (κ3) is 6.14. The number of nitrogens with one attached hydrogen (secondary N) is 1. The first-order valence-corrected chi connectivity index (χ1v) is 11.7. The second-order valence-corrected chi connectivity index (χ2v) is 9.72. The third-order valence-corrected chi connectivity index (χ3v) is 6.89. The minimum Gasteiger partial charge on any atom is -0.452 e. The number of ether oxygens (including phenoxy) is 1. The normalized spacial score (nSPS) is 17.7. The Balaban J connectivity index is 1.51. The number of aromatic nitrogens is 2. The molecule has 1 atom stereocenters. The molecule has 8 nitrogen and oxygen atoms in total. The molecule has 1 aliphatic rings. The van der Waals surface area contributed by atoms with Crippen molar-refractivity contribution in [2.24, 2.45) is 0 Å². The van der Waals surface area contributed by atoms with Crippen LogP contribution in [0.3, 0.4) is 0 Å². The van der Waals surface area contributed by atoms with Crippen molar-refractivity contribution in [3.63, 3.8) is 0 Å². The van der Waals surface area contributed by atoms with Crippen LogP contribution in [0.2, 0.25) is 5.15 Å². The lowest BCUT2D eigenvalue weighted by atomic mass is 10.2. The molecule has 1 saturated heterocycles. The first kappa shape index (κ1) is 23.0. The standard InChI is InChI=1S/C20H21ClFN3O5S/c1-13-17(20(21)25(24-13)16-8-9-31(28,29)12-16)6-7-19(27)30-11-18(26)23-10-14-2-4-15(22)5-3-14/h2-7,16H,8-12H2,1H3,(H,23,26)/b7-6+/t16-/m0/s1. The highest BCUT2D eigenvalue weighted by Gasteiger charge is 2.31. The molecule has 166 valence electrons. The molecule has 1 fully saturated rings. The van der Waals surface area contributed by atoms with Gasteiger partial charge in [-0.25, -0.2) is 22.3 Å². The number of hydrogen-bond acceptors (Lipinski definition) is 6. The Labute approximate surface area is 183 Å². The molecule has 1 aromatic carbocycles. The number of benzene rings is 1. The van der Waals surface area contributed by atoms with E-state index in [1.54, 1.807) is 6.92 Å². The van der Waals surface area contributed by atoms with Crippen LogP contribution in [0.5, 0.6) is 0 Å². The minimum atomic E-state index is -3.10. The van der Waals surface area contributed by atoms with Gasteiger partial charge in [0.2, 0.25) is 0 Å². The summed E-state index contributed by atoms with van der Waals surface area (Å²) in [7, 11) is -3.10. The van der Waals surface area contributed by atoms with Gasteiger partial charge in [0.1, 0.15) is 11.0 Å². The number of rotatable bonds is 7. The average molecular weight is 470 g/mol. The van der Waals surface area contributed by atoms with Crippen molar-refractivity contribution in [1.29, 1.82) is 0 Å².